The van der Waals surface area contributed by atoms with Crippen LogP contribution in [0, 0.1) is 13.8 Å². The normalized spacial score (nSPS) is 15.9. The minimum atomic E-state index is -0.383. The summed E-state index contributed by atoms with van der Waals surface area (Å²) in [5, 5.41) is 3.26. The standard InChI is InChI=1S/C29H29N3O3/c1-19-10-15-24(20(2)18-19)32-28(33)26(23-8-4-5-9-25(23)35-3)27(29(32)34)30-21-11-13-22(14-12-21)31-16-6-7-17-31/h4-5,8-15,18,30H,6-7,16-17H2,1-3H3. The molecular weight excluding hydrogens is 438 g/mol. The summed E-state index contributed by atoms with van der Waals surface area (Å²) >= 11 is 0. The Kier molecular flexibility index (Phi) is 6.03. The highest BCUT2D eigenvalue weighted by atomic mass is 16.5. The van der Waals surface area contributed by atoms with Gasteiger partial charge in [0, 0.05) is 30.0 Å². The van der Waals surface area contributed by atoms with Gasteiger partial charge in [0.25, 0.3) is 11.8 Å². The number of methoxy groups -OCH3 is 1. The third-order valence-corrected chi connectivity index (χ3v) is 6.66. The molecule has 5 rings (SSSR count). The third kappa shape index (κ3) is 4.16. The highest BCUT2D eigenvalue weighted by Crippen LogP contribution is 2.38. The third-order valence-electron chi connectivity index (χ3n) is 6.66. The minimum absolute atomic E-state index is 0.244. The predicted octanol–water partition coefficient (Wildman–Crippen LogP) is 5.31. The number of nitrogens with one attached hydrogen (secondary N) is 1. The van der Waals surface area contributed by atoms with Crippen LogP contribution in [0.15, 0.2) is 72.4 Å². The van der Waals surface area contributed by atoms with Gasteiger partial charge in [0.1, 0.15) is 11.4 Å². The molecule has 0 bridgehead atoms. The Bertz CT molecular complexity index is 1320. The summed E-state index contributed by atoms with van der Waals surface area (Å²) in [6.07, 6.45) is 2.42. The number of benzene rings is 3. The van der Waals surface area contributed by atoms with Gasteiger partial charge < -0.3 is 15.0 Å². The van der Waals surface area contributed by atoms with E-state index in [0.717, 1.165) is 35.6 Å². The number of aryl methyl sites for hydroxylation is 2. The second-order valence-electron chi connectivity index (χ2n) is 9.05. The van der Waals surface area contributed by atoms with Crippen molar-refractivity contribution in [1.29, 1.82) is 0 Å². The Labute approximate surface area is 205 Å². The SMILES string of the molecule is COc1ccccc1C1=C(Nc2ccc(N3CCCC3)cc2)C(=O)N(c2ccc(C)cc2C)C1=O. The lowest BCUT2D eigenvalue weighted by molar-refractivity contribution is -0.120. The van der Waals surface area contributed by atoms with Gasteiger partial charge in [-0.2, -0.15) is 0 Å². The fraction of sp³-hybridized carbons (Fsp3) is 0.241. The summed E-state index contributed by atoms with van der Waals surface area (Å²) < 4.78 is 5.54. The molecule has 0 saturated carbocycles. The van der Waals surface area contributed by atoms with Gasteiger partial charge in [-0.1, -0.05) is 35.9 Å². The molecule has 0 aliphatic carbocycles. The van der Waals surface area contributed by atoms with E-state index in [0.29, 0.717) is 22.6 Å². The largest absolute Gasteiger partial charge is 0.496 e. The van der Waals surface area contributed by atoms with Crippen molar-refractivity contribution in [3.63, 3.8) is 0 Å². The zero-order valence-corrected chi connectivity index (χ0v) is 20.3. The predicted molar refractivity (Wildman–Crippen MR) is 140 cm³/mol. The molecule has 2 amide bonds. The molecule has 3 aromatic carbocycles. The second-order valence-corrected chi connectivity index (χ2v) is 9.05. The van der Waals surface area contributed by atoms with Gasteiger partial charge in [-0.25, -0.2) is 4.90 Å². The van der Waals surface area contributed by atoms with Crippen LogP contribution in [-0.2, 0) is 9.59 Å². The van der Waals surface area contributed by atoms with Crippen LogP contribution < -0.4 is 19.9 Å². The summed E-state index contributed by atoms with van der Waals surface area (Å²) in [5.74, 6) is -0.219. The minimum Gasteiger partial charge on any atom is -0.496 e. The van der Waals surface area contributed by atoms with Crippen molar-refractivity contribution in [2.24, 2.45) is 0 Å². The zero-order chi connectivity index (χ0) is 24.5. The number of amides is 2. The number of carbonyl (C=O) groups is 2. The summed E-state index contributed by atoms with van der Waals surface area (Å²) in [7, 11) is 1.56. The molecule has 6 nitrogen and oxygen atoms in total. The number of hydrogen-bond donors (Lipinski definition) is 1. The summed E-state index contributed by atoms with van der Waals surface area (Å²) in [5.41, 5.74) is 5.55. The van der Waals surface area contributed by atoms with Crippen LogP contribution in [0.5, 0.6) is 5.75 Å². The van der Waals surface area contributed by atoms with E-state index in [4.69, 9.17) is 4.74 Å². The molecule has 0 spiro atoms. The molecule has 178 valence electrons. The van der Waals surface area contributed by atoms with Crippen LogP contribution in [-0.4, -0.2) is 32.0 Å². The maximum absolute atomic E-state index is 13.8. The van der Waals surface area contributed by atoms with Crippen molar-refractivity contribution < 1.29 is 14.3 Å². The first-order valence-corrected chi connectivity index (χ1v) is 11.9. The van der Waals surface area contributed by atoms with E-state index in [1.54, 1.807) is 13.2 Å². The van der Waals surface area contributed by atoms with Crippen molar-refractivity contribution in [3.8, 4) is 5.75 Å². The van der Waals surface area contributed by atoms with E-state index in [-0.39, 0.29) is 17.5 Å². The highest BCUT2D eigenvalue weighted by molar-refractivity contribution is 6.46. The maximum Gasteiger partial charge on any atom is 0.282 e. The van der Waals surface area contributed by atoms with Crippen LogP contribution in [0.1, 0.15) is 29.5 Å². The van der Waals surface area contributed by atoms with Crippen LogP contribution in [0.4, 0.5) is 17.1 Å². The zero-order valence-electron chi connectivity index (χ0n) is 20.3. The summed E-state index contributed by atoms with van der Waals surface area (Å²) in [6, 6.07) is 21.0. The molecule has 0 unspecified atom stereocenters. The van der Waals surface area contributed by atoms with E-state index in [1.807, 2.05) is 62.4 Å². The van der Waals surface area contributed by atoms with Crippen molar-refractivity contribution in [2.75, 3.05) is 35.3 Å². The molecule has 3 aromatic rings. The molecule has 1 fully saturated rings. The first kappa shape index (κ1) is 22.7. The van der Waals surface area contributed by atoms with Crippen molar-refractivity contribution in [2.45, 2.75) is 26.7 Å². The quantitative estimate of drug-likeness (QED) is 0.498. The van der Waals surface area contributed by atoms with Crippen molar-refractivity contribution in [1.82, 2.24) is 0 Å². The highest BCUT2D eigenvalue weighted by Gasteiger charge is 2.41. The van der Waals surface area contributed by atoms with Crippen LogP contribution >= 0.6 is 0 Å². The molecule has 2 aliphatic heterocycles. The second kappa shape index (κ2) is 9.29. The average Bonchev–Trinajstić information content (AvgIpc) is 3.48. The Balaban J connectivity index is 1.57. The van der Waals surface area contributed by atoms with E-state index in [2.05, 4.69) is 22.3 Å². The van der Waals surface area contributed by atoms with Crippen molar-refractivity contribution >= 4 is 34.4 Å². The van der Waals surface area contributed by atoms with E-state index < -0.39 is 0 Å². The number of carbonyl (C=O) groups excluding carboxylic acids is 2. The first-order valence-electron chi connectivity index (χ1n) is 11.9. The molecule has 1 N–H and O–H groups in total. The molecule has 0 atom stereocenters. The fourth-order valence-electron chi connectivity index (χ4n) is 4.90. The van der Waals surface area contributed by atoms with Gasteiger partial charge in [-0.15, -0.1) is 0 Å². The maximum atomic E-state index is 13.8. The van der Waals surface area contributed by atoms with Crippen LogP contribution in [0.25, 0.3) is 5.57 Å². The molecule has 6 heteroatoms. The van der Waals surface area contributed by atoms with Gasteiger partial charge >= 0.3 is 0 Å². The van der Waals surface area contributed by atoms with Gasteiger partial charge in [-0.05, 0) is 68.7 Å². The van der Waals surface area contributed by atoms with E-state index in [1.165, 1.54) is 17.7 Å². The van der Waals surface area contributed by atoms with Crippen LogP contribution in [0.3, 0.4) is 0 Å². The Morgan fingerprint density at radius 1 is 0.857 bits per heavy atom. The van der Waals surface area contributed by atoms with Gasteiger partial charge in [0.05, 0.1) is 18.4 Å². The lowest BCUT2D eigenvalue weighted by Gasteiger charge is -2.19. The number of rotatable bonds is 6. The number of anilines is 3. The number of para-hydroxylation sites is 1. The number of nitrogens with zero attached hydrogens (tertiary/aromatic N) is 2. The molecule has 2 heterocycles. The lowest BCUT2D eigenvalue weighted by atomic mass is 10.0. The topological polar surface area (TPSA) is 61.9 Å². The first-order chi connectivity index (χ1) is 17.0. The van der Waals surface area contributed by atoms with E-state index >= 15 is 0 Å². The fourth-order valence-corrected chi connectivity index (χ4v) is 4.90. The van der Waals surface area contributed by atoms with Crippen molar-refractivity contribution in [3.05, 3.63) is 89.1 Å². The Hall–Kier alpha value is -4.06. The monoisotopic (exact) mass is 467 g/mol. The van der Waals surface area contributed by atoms with Gasteiger partial charge in [-0.3, -0.25) is 9.59 Å². The van der Waals surface area contributed by atoms with Gasteiger partial charge in [0.2, 0.25) is 0 Å². The smallest absolute Gasteiger partial charge is 0.282 e. The van der Waals surface area contributed by atoms with Crippen LogP contribution in [0.2, 0.25) is 0 Å². The molecule has 0 aromatic heterocycles. The number of imide groups is 1. The Morgan fingerprint density at radius 3 is 2.26 bits per heavy atom. The number of hydrogen-bond acceptors (Lipinski definition) is 5. The number of ether oxygens (including phenoxy) is 1. The molecule has 1 saturated heterocycles. The average molecular weight is 468 g/mol. The molecule has 0 radical (unpaired) electrons. The lowest BCUT2D eigenvalue weighted by Crippen LogP contribution is -2.33. The van der Waals surface area contributed by atoms with Gasteiger partial charge in [0.15, 0.2) is 0 Å². The summed E-state index contributed by atoms with van der Waals surface area (Å²) in [6.45, 7) is 6.03. The summed E-state index contributed by atoms with van der Waals surface area (Å²) in [4.78, 5) is 31.2. The Morgan fingerprint density at radius 2 is 1.57 bits per heavy atom. The van der Waals surface area contributed by atoms with E-state index in [9.17, 15) is 9.59 Å². The molecule has 35 heavy (non-hydrogen) atoms. The molecular formula is C29H29N3O3. The molecule has 2 aliphatic rings.